The Bertz CT molecular complexity index is 433. The lowest BCUT2D eigenvalue weighted by Crippen LogP contribution is -2.28. The molecule has 0 spiro atoms. The first-order chi connectivity index (χ1) is 8.35. The van der Waals surface area contributed by atoms with Gasteiger partial charge in [0.2, 0.25) is 0 Å². The lowest BCUT2D eigenvalue weighted by Gasteiger charge is -2.22. The van der Waals surface area contributed by atoms with Crippen LogP contribution in [0, 0.1) is 15.5 Å². The summed E-state index contributed by atoms with van der Waals surface area (Å²) in [5.41, 5.74) is 1.09. The molecule has 0 aliphatic carbocycles. The number of nitrogens with one attached hydrogen (secondary N) is 1. The first-order valence-corrected chi connectivity index (χ1v) is 6.78. The summed E-state index contributed by atoms with van der Waals surface area (Å²) in [5.74, 6) is 0. The third-order valence-corrected chi connectivity index (χ3v) is 3.61. The molecule has 0 aromatic heterocycles. The van der Waals surface area contributed by atoms with Gasteiger partial charge in [0.15, 0.2) is 0 Å². The quantitative estimate of drug-likeness (QED) is 0.640. The van der Waals surface area contributed by atoms with Crippen molar-refractivity contribution >= 4 is 21.6 Å². The van der Waals surface area contributed by atoms with Crippen molar-refractivity contribution in [1.82, 2.24) is 5.32 Å². The number of hydrogen-bond donors (Lipinski definition) is 1. The predicted octanol–water partition coefficient (Wildman–Crippen LogP) is 3.88. The Hall–Kier alpha value is -0.940. The summed E-state index contributed by atoms with van der Waals surface area (Å²) in [6.07, 6.45) is 1.07. The zero-order chi connectivity index (χ0) is 13.8. The van der Waals surface area contributed by atoms with Crippen LogP contribution in [0.15, 0.2) is 22.7 Å². The van der Waals surface area contributed by atoms with Crippen molar-refractivity contribution in [2.75, 3.05) is 6.54 Å². The monoisotopic (exact) mass is 314 g/mol. The van der Waals surface area contributed by atoms with Gasteiger partial charge in [0.05, 0.1) is 4.92 Å². The molecule has 0 fully saturated rings. The second-order valence-electron chi connectivity index (χ2n) is 5.15. The SMILES string of the molecule is CCC(C)(C)CNCc1ccc(Br)cc1[N+](=O)[O-]. The van der Waals surface area contributed by atoms with Gasteiger partial charge in [-0.25, -0.2) is 0 Å². The average molecular weight is 315 g/mol. The summed E-state index contributed by atoms with van der Waals surface area (Å²) in [6, 6.07) is 5.16. The van der Waals surface area contributed by atoms with Gasteiger partial charge in [0, 0.05) is 29.2 Å². The third-order valence-electron chi connectivity index (χ3n) is 3.12. The van der Waals surface area contributed by atoms with Crippen molar-refractivity contribution in [2.24, 2.45) is 5.41 Å². The number of nitrogens with zero attached hydrogens (tertiary/aromatic N) is 1. The number of hydrogen-bond acceptors (Lipinski definition) is 3. The van der Waals surface area contributed by atoms with Gasteiger partial charge < -0.3 is 5.32 Å². The van der Waals surface area contributed by atoms with Crippen LogP contribution in [0.5, 0.6) is 0 Å². The first-order valence-electron chi connectivity index (χ1n) is 5.99. The molecule has 5 heteroatoms. The van der Waals surface area contributed by atoms with Crippen LogP contribution >= 0.6 is 15.9 Å². The Morgan fingerprint density at radius 2 is 2.11 bits per heavy atom. The molecule has 0 aliphatic heterocycles. The summed E-state index contributed by atoms with van der Waals surface area (Å²) in [7, 11) is 0. The lowest BCUT2D eigenvalue weighted by atomic mass is 9.90. The minimum Gasteiger partial charge on any atom is -0.312 e. The predicted molar refractivity (Wildman–Crippen MR) is 76.6 cm³/mol. The second-order valence-corrected chi connectivity index (χ2v) is 6.07. The maximum Gasteiger partial charge on any atom is 0.275 e. The number of nitro groups is 1. The fraction of sp³-hybridized carbons (Fsp3) is 0.538. The largest absolute Gasteiger partial charge is 0.312 e. The molecule has 0 heterocycles. The summed E-state index contributed by atoms with van der Waals surface area (Å²) < 4.78 is 0.729. The smallest absolute Gasteiger partial charge is 0.275 e. The summed E-state index contributed by atoms with van der Waals surface area (Å²) >= 11 is 3.25. The van der Waals surface area contributed by atoms with Crippen LogP contribution in [0.3, 0.4) is 0 Å². The van der Waals surface area contributed by atoms with E-state index in [2.05, 4.69) is 42.0 Å². The summed E-state index contributed by atoms with van der Waals surface area (Å²) in [5, 5.41) is 14.2. The topological polar surface area (TPSA) is 55.2 Å². The molecule has 0 saturated heterocycles. The zero-order valence-corrected chi connectivity index (χ0v) is 12.6. The van der Waals surface area contributed by atoms with E-state index in [4.69, 9.17) is 0 Å². The van der Waals surface area contributed by atoms with Crippen molar-refractivity contribution in [3.63, 3.8) is 0 Å². The van der Waals surface area contributed by atoms with Crippen LogP contribution in [0.4, 0.5) is 5.69 Å². The highest BCUT2D eigenvalue weighted by Gasteiger charge is 2.17. The third kappa shape index (κ3) is 4.38. The van der Waals surface area contributed by atoms with Crippen LogP contribution in [-0.2, 0) is 6.54 Å². The molecular formula is C13H19BrN2O2. The molecule has 1 rings (SSSR count). The van der Waals surface area contributed by atoms with Gasteiger partial charge in [-0.3, -0.25) is 10.1 Å². The van der Waals surface area contributed by atoms with Crippen LogP contribution in [-0.4, -0.2) is 11.5 Å². The van der Waals surface area contributed by atoms with Crippen molar-refractivity contribution in [3.8, 4) is 0 Å². The molecule has 100 valence electrons. The van der Waals surface area contributed by atoms with Gasteiger partial charge in [-0.05, 0) is 24.0 Å². The molecule has 0 aliphatic rings. The molecule has 0 bridgehead atoms. The van der Waals surface area contributed by atoms with E-state index in [9.17, 15) is 10.1 Å². The molecule has 1 N–H and O–H groups in total. The van der Waals surface area contributed by atoms with E-state index in [0.717, 1.165) is 23.0 Å². The highest BCUT2D eigenvalue weighted by Crippen LogP contribution is 2.24. The molecule has 1 aromatic carbocycles. The van der Waals surface area contributed by atoms with Gasteiger partial charge in [0.1, 0.15) is 0 Å². The normalized spacial score (nSPS) is 11.6. The van der Waals surface area contributed by atoms with E-state index in [1.54, 1.807) is 12.1 Å². The van der Waals surface area contributed by atoms with E-state index >= 15 is 0 Å². The molecular weight excluding hydrogens is 296 g/mol. The van der Waals surface area contributed by atoms with E-state index in [1.165, 1.54) is 0 Å². The number of nitro benzene ring substituents is 1. The van der Waals surface area contributed by atoms with Crippen LogP contribution in [0.25, 0.3) is 0 Å². The lowest BCUT2D eigenvalue weighted by molar-refractivity contribution is -0.385. The minimum absolute atomic E-state index is 0.158. The van der Waals surface area contributed by atoms with E-state index in [1.807, 2.05) is 6.07 Å². The first kappa shape index (κ1) is 15.1. The number of halogens is 1. The Balaban J connectivity index is 2.70. The van der Waals surface area contributed by atoms with Crippen LogP contribution in [0.2, 0.25) is 0 Å². The van der Waals surface area contributed by atoms with Crippen LogP contribution < -0.4 is 5.32 Å². The van der Waals surface area contributed by atoms with Gasteiger partial charge >= 0.3 is 0 Å². The van der Waals surface area contributed by atoms with Crippen molar-refractivity contribution in [3.05, 3.63) is 38.3 Å². The Labute approximate surface area is 116 Å². The molecule has 1 aromatic rings. The standard InChI is InChI=1S/C13H19BrN2O2/c1-4-13(2,3)9-15-8-10-5-6-11(14)7-12(10)16(17)18/h5-7,15H,4,8-9H2,1-3H3. The Kier molecular flexibility index (Phi) is 5.28. The fourth-order valence-corrected chi connectivity index (χ4v) is 1.87. The molecule has 0 amide bonds. The molecule has 0 radical (unpaired) electrons. The minimum atomic E-state index is -0.341. The van der Waals surface area contributed by atoms with Gasteiger partial charge in [0.25, 0.3) is 5.69 Å². The molecule has 0 atom stereocenters. The van der Waals surface area contributed by atoms with E-state index < -0.39 is 0 Å². The average Bonchev–Trinajstić information content (AvgIpc) is 2.30. The van der Waals surface area contributed by atoms with E-state index in [0.29, 0.717) is 6.54 Å². The maximum atomic E-state index is 10.9. The zero-order valence-electron chi connectivity index (χ0n) is 11.0. The number of rotatable bonds is 6. The maximum absolute atomic E-state index is 10.9. The van der Waals surface area contributed by atoms with Crippen molar-refractivity contribution in [1.29, 1.82) is 0 Å². The molecule has 18 heavy (non-hydrogen) atoms. The molecule has 0 saturated carbocycles. The molecule has 4 nitrogen and oxygen atoms in total. The second kappa shape index (κ2) is 6.29. The Morgan fingerprint density at radius 1 is 1.44 bits per heavy atom. The highest BCUT2D eigenvalue weighted by molar-refractivity contribution is 9.10. The Morgan fingerprint density at radius 3 is 2.67 bits per heavy atom. The summed E-state index contributed by atoms with van der Waals surface area (Å²) in [6.45, 7) is 7.86. The van der Waals surface area contributed by atoms with Crippen LogP contribution in [0.1, 0.15) is 32.8 Å². The fourth-order valence-electron chi connectivity index (χ4n) is 1.52. The van der Waals surface area contributed by atoms with E-state index in [-0.39, 0.29) is 16.0 Å². The van der Waals surface area contributed by atoms with Crippen molar-refractivity contribution in [2.45, 2.75) is 33.7 Å². The van der Waals surface area contributed by atoms with Crippen molar-refractivity contribution < 1.29 is 4.92 Å². The van der Waals surface area contributed by atoms with Gasteiger partial charge in [-0.1, -0.05) is 36.7 Å². The number of benzene rings is 1. The molecule has 0 unspecified atom stereocenters. The highest BCUT2D eigenvalue weighted by atomic mass is 79.9. The van der Waals surface area contributed by atoms with Gasteiger partial charge in [-0.15, -0.1) is 0 Å². The summed E-state index contributed by atoms with van der Waals surface area (Å²) in [4.78, 5) is 10.6. The van der Waals surface area contributed by atoms with Gasteiger partial charge in [-0.2, -0.15) is 0 Å².